The zero-order valence-corrected chi connectivity index (χ0v) is 9.75. The van der Waals surface area contributed by atoms with E-state index in [2.05, 4.69) is 26.8 Å². The largest absolute Gasteiger partial charge is 0.464 e. The lowest BCUT2D eigenvalue weighted by Crippen LogP contribution is -2.05. The van der Waals surface area contributed by atoms with Crippen molar-refractivity contribution in [3.63, 3.8) is 0 Å². The lowest BCUT2D eigenvalue weighted by Gasteiger charge is -1.95. The van der Waals surface area contributed by atoms with Gasteiger partial charge in [-0.05, 0) is 30.2 Å². The van der Waals surface area contributed by atoms with Crippen molar-refractivity contribution < 1.29 is 9.53 Å². The van der Waals surface area contributed by atoms with Crippen molar-refractivity contribution in [1.29, 1.82) is 0 Å². The van der Waals surface area contributed by atoms with E-state index in [9.17, 15) is 4.79 Å². The van der Waals surface area contributed by atoms with Crippen LogP contribution in [-0.4, -0.2) is 23.3 Å². The number of benzene rings is 1. The van der Waals surface area contributed by atoms with Crippen LogP contribution in [-0.2, 0) is 4.74 Å². The van der Waals surface area contributed by atoms with Crippen molar-refractivity contribution in [3.8, 4) is 11.8 Å². The molecule has 0 aliphatic carbocycles. The maximum Gasteiger partial charge on any atom is 0.358 e. The molecule has 0 fully saturated rings. The number of methoxy groups -OCH3 is 1. The highest BCUT2D eigenvalue weighted by atomic mass is 16.5. The predicted octanol–water partition coefficient (Wildman–Crippen LogP) is 1.66. The third-order valence-electron chi connectivity index (χ3n) is 2.17. The summed E-state index contributed by atoms with van der Waals surface area (Å²) < 4.78 is 4.53. The summed E-state index contributed by atoms with van der Waals surface area (Å²) in [6.07, 6.45) is 0. The van der Waals surface area contributed by atoms with Gasteiger partial charge in [-0.15, -0.1) is 10.2 Å². The molecule has 2 aromatic rings. The van der Waals surface area contributed by atoms with Gasteiger partial charge in [0.1, 0.15) is 5.69 Å². The first-order valence-corrected chi connectivity index (χ1v) is 5.29. The van der Waals surface area contributed by atoms with E-state index in [1.165, 1.54) is 13.2 Å². The Morgan fingerprint density at radius 2 is 1.83 bits per heavy atom. The molecule has 4 heteroatoms. The van der Waals surface area contributed by atoms with Crippen molar-refractivity contribution in [1.82, 2.24) is 10.2 Å². The summed E-state index contributed by atoms with van der Waals surface area (Å²) in [6, 6.07) is 12.7. The second-order valence-corrected chi connectivity index (χ2v) is 3.41. The molecular formula is C14H10N2O2. The monoisotopic (exact) mass is 238 g/mol. The van der Waals surface area contributed by atoms with Gasteiger partial charge in [0.25, 0.3) is 0 Å². The van der Waals surface area contributed by atoms with Crippen molar-refractivity contribution in [3.05, 3.63) is 59.4 Å². The zero-order valence-electron chi connectivity index (χ0n) is 9.75. The van der Waals surface area contributed by atoms with Gasteiger partial charge in [0.2, 0.25) is 0 Å². The molecule has 2 rings (SSSR count). The fourth-order valence-corrected chi connectivity index (χ4v) is 1.27. The number of ether oxygens (including phenoxy) is 1. The van der Waals surface area contributed by atoms with Crippen LogP contribution in [0.3, 0.4) is 0 Å². The van der Waals surface area contributed by atoms with Crippen LogP contribution in [0.4, 0.5) is 0 Å². The Morgan fingerprint density at radius 3 is 2.44 bits per heavy atom. The van der Waals surface area contributed by atoms with Crippen molar-refractivity contribution in [2.24, 2.45) is 0 Å². The Labute approximate surface area is 105 Å². The molecule has 18 heavy (non-hydrogen) atoms. The number of carbonyl (C=O) groups excluding carboxylic acids is 1. The third-order valence-corrected chi connectivity index (χ3v) is 2.17. The Bertz CT molecular complexity index is 595. The molecule has 0 amide bonds. The summed E-state index contributed by atoms with van der Waals surface area (Å²) in [6.45, 7) is 0. The van der Waals surface area contributed by atoms with Gasteiger partial charge in [0.05, 0.1) is 7.11 Å². The van der Waals surface area contributed by atoms with Crippen LogP contribution >= 0.6 is 0 Å². The first-order chi connectivity index (χ1) is 8.79. The van der Waals surface area contributed by atoms with E-state index >= 15 is 0 Å². The molecule has 0 atom stereocenters. The fraction of sp³-hybridized carbons (Fsp3) is 0.0714. The number of carbonyl (C=O) groups is 1. The number of aromatic nitrogens is 2. The minimum Gasteiger partial charge on any atom is -0.464 e. The van der Waals surface area contributed by atoms with E-state index in [0.29, 0.717) is 5.69 Å². The summed E-state index contributed by atoms with van der Waals surface area (Å²) in [5.41, 5.74) is 1.57. The van der Waals surface area contributed by atoms with Crippen molar-refractivity contribution in [2.75, 3.05) is 7.11 Å². The van der Waals surface area contributed by atoms with E-state index < -0.39 is 5.97 Å². The minimum atomic E-state index is -0.509. The van der Waals surface area contributed by atoms with Crippen molar-refractivity contribution >= 4 is 5.97 Å². The number of hydrogen-bond donors (Lipinski definition) is 0. The molecule has 1 aromatic heterocycles. The van der Waals surface area contributed by atoms with Gasteiger partial charge in [-0.1, -0.05) is 24.1 Å². The summed E-state index contributed by atoms with van der Waals surface area (Å²) in [4.78, 5) is 11.1. The third kappa shape index (κ3) is 2.92. The van der Waals surface area contributed by atoms with Gasteiger partial charge in [0, 0.05) is 5.56 Å². The predicted molar refractivity (Wildman–Crippen MR) is 65.8 cm³/mol. The highest BCUT2D eigenvalue weighted by Crippen LogP contribution is 1.99. The molecule has 4 nitrogen and oxygen atoms in total. The van der Waals surface area contributed by atoms with Crippen LogP contribution < -0.4 is 0 Å². The van der Waals surface area contributed by atoms with Crippen LogP contribution in [0.25, 0.3) is 0 Å². The van der Waals surface area contributed by atoms with Crippen molar-refractivity contribution in [2.45, 2.75) is 0 Å². The van der Waals surface area contributed by atoms with Crippen LogP contribution in [0.15, 0.2) is 42.5 Å². The molecule has 0 saturated carbocycles. The molecule has 0 spiro atoms. The highest BCUT2D eigenvalue weighted by molar-refractivity contribution is 5.86. The average molecular weight is 238 g/mol. The summed E-state index contributed by atoms with van der Waals surface area (Å²) >= 11 is 0. The Balaban J connectivity index is 2.17. The number of esters is 1. The molecule has 0 N–H and O–H groups in total. The quantitative estimate of drug-likeness (QED) is 0.560. The molecular weight excluding hydrogens is 228 g/mol. The molecule has 0 saturated heterocycles. The number of nitrogens with zero attached hydrogens (tertiary/aromatic N) is 2. The summed E-state index contributed by atoms with van der Waals surface area (Å²) in [5, 5.41) is 7.57. The van der Waals surface area contributed by atoms with E-state index in [1.807, 2.05) is 30.3 Å². The summed E-state index contributed by atoms with van der Waals surface area (Å²) in [7, 11) is 1.30. The zero-order chi connectivity index (χ0) is 12.8. The molecule has 88 valence electrons. The summed E-state index contributed by atoms with van der Waals surface area (Å²) in [5.74, 6) is 5.32. The lowest BCUT2D eigenvalue weighted by molar-refractivity contribution is 0.0592. The maximum atomic E-state index is 11.1. The van der Waals surface area contributed by atoms with Gasteiger partial charge in [-0.3, -0.25) is 0 Å². The lowest BCUT2D eigenvalue weighted by atomic mass is 10.2. The first-order valence-electron chi connectivity index (χ1n) is 5.29. The first kappa shape index (κ1) is 11.8. The molecule has 0 aliphatic rings. The van der Waals surface area contributed by atoms with Gasteiger partial charge in [-0.2, -0.15) is 0 Å². The van der Waals surface area contributed by atoms with Crippen LogP contribution in [0.5, 0.6) is 0 Å². The smallest absolute Gasteiger partial charge is 0.358 e. The van der Waals surface area contributed by atoms with Gasteiger partial charge < -0.3 is 4.74 Å². The standard InChI is InChI=1S/C14H10N2O2/c1-18-14(17)13-10-9-12(15-16-13)8-7-11-5-3-2-4-6-11/h2-6,9-10H,1H3. The fourth-order valence-electron chi connectivity index (χ4n) is 1.27. The van der Waals surface area contributed by atoms with E-state index in [0.717, 1.165) is 5.56 Å². The molecule has 0 unspecified atom stereocenters. The Kier molecular flexibility index (Phi) is 3.67. The van der Waals surface area contributed by atoms with Gasteiger partial charge in [0.15, 0.2) is 5.69 Å². The molecule has 0 bridgehead atoms. The molecule has 1 heterocycles. The Hall–Kier alpha value is -2.67. The second-order valence-electron chi connectivity index (χ2n) is 3.41. The second kappa shape index (κ2) is 5.60. The maximum absolute atomic E-state index is 11.1. The van der Waals surface area contributed by atoms with Gasteiger partial charge in [-0.25, -0.2) is 4.79 Å². The molecule has 0 aliphatic heterocycles. The van der Waals surface area contributed by atoms with Gasteiger partial charge >= 0.3 is 5.97 Å². The average Bonchev–Trinajstić information content (AvgIpc) is 2.46. The van der Waals surface area contributed by atoms with Crippen LogP contribution in [0.1, 0.15) is 21.7 Å². The van der Waals surface area contributed by atoms with E-state index in [-0.39, 0.29) is 5.69 Å². The number of hydrogen-bond acceptors (Lipinski definition) is 4. The van der Waals surface area contributed by atoms with Crippen LogP contribution in [0, 0.1) is 11.8 Å². The SMILES string of the molecule is COC(=O)c1ccc(C#Cc2ccccc2)nn1. The number of rotatable bonds is 1. The van der Waals surface area contributed by atoms with Crippen LogP contribution in [0.2, 0.25) is 0 Å². The molecule has 0 radical (unpaired) electrons. The van der Waals surface area contributed by atoms with E-state index in [4.69, 9.17) is 0 Å². The topological polar surface area (TPSA) is 52.1 Å². The minimum absolute atomic E-state index is 0.169. The van der Waals surface area contributed by atoms with E-state index in [1.54, 1.807) is 6.07 Å². The Morgan fingerprint density at radius 1 is 1.06 bits per heavy atom. The normalized spacial score (nSPS) is 9.17. The molecule has 1 aromatic carbocycles. The highest BCUT2D eigenvalue weighted by Gasteiger charge is 2.06.